The zero-order chi connectivity index (χ0) is 12.6. The molecule has 1 unspecified atom stereocenters. The molecule has 98 valence electrons. The van der Waals surface area contributed by atoms with E-state index in [4.69, 9.17) is 9.47 Å². The van der Waals surface area contributed by atoms with Crippen molar-refractivity contribution >= 4 is 0 Å². The van der Waals surface area contributed by atoms with Crippen molar-refractivity contribution in [3.63, 3.8) is 0 Å². The number of ether oxygens (including phenoxy) is 2. The monoisotopic (exact) mass is 247 g/mol. The molecule has 3 rings (SSSR count). The standard InChI is InChI=1S/C15H21NO2/c1-17-12-3-4-14(18-2)13(7-12)11-5-6-15(8-11)9-16-10-15/h3-4,7,11,16H,5-6,8-10H2,1-2H3. The van der Waals surface area contributed by atoms with Crippen molar-refractivity contribution in [3.8, 4) is 11.5 Å². The van der Waals surface area contributed by atoms with Crippen LogP contribution in [-0.4, -0.2) is 27.3 Å². The molecule has 1 aromatic rings. The molecule has 0 aromatic heterocycles. The maximum Gasteiger partial charge on any atom is 0.122 e. The molecule has 1 aromatic carbocycles. The predicted molar refractivity (Wildman–Crippen MR) is 71.4 cm³/mol. The summed E-state index contributed by atoms with van der Waals surface area (Å²) in [6.07, 6.45) is 3.89. The molecule has 3 nitrogen and oxygen atoms in total. The topological polar surface area (TPSA) is 30.5 Å². The van der Waals surface area contributed by atoms with Crippen molar-refractivity contribution in [3.05, 3.63) is 23.8 Å². The first-order chi connectivity index (χ1) is 8.76. The Morgan fingerprint density at radius 3 is 2.61 bits per heavy atom. The summed E-state index contributed by atoms with van der Waals surface area (Å²) < 4.78 is 10.8. The van der Waals surface area contributed by atoms with Gasteiger partial charge in [-0.2, -0.15) is 0 Å². The first kappa shape index (κ1) is 11.8. The average Bonchev–Trinajstić information content (AvgIpc) is 2.83. The van der Waals surface area contributed by atoms with Gasteiger partial charge < -0.3 is 14.8 Å². The minimum Gasteiger partial charge on any atom is -0.497 e. The van der Waals surface area contributed by atoms with Crippen LogP contribution in [0.3, 0.4) is 0 Å². The van der Waals surface area contributed by atoms with Gasteiger partial charge in [0.15, 0.2) is 0 Å². The summed E-state index contributed by atoms with van der Waals surface area (Å²) in [5, 5.41) is 3.41. The van der Waals surface area contributed by atoms with E-state index in [1.807, 2.05) is 12.1 Å². The van der Waals surface area contributed by atoms with Crippen LogP contribution < -0.4 is 14.8 Å². The summed E-state index contributed by atoms with van der Waals surface area (Å²) in [5.41, 5.74) is 1.89. The van der Waals surface area contributed by atoms with Crippen molar-refractivity contribution in [2.24, 2.45) is 5.41 Å². The van der Waals surface area contributed by atoms with Gasteiger partial charge in [-0.15, -0.1) is 0 Å². The lowest BCUT2D eigenvalue weighted by Crippen LogP contribution is -2.51. The van der Waals surface area contributed by atoms with Gasteiger partial charge in [-0.3, -0.25) is 0 Å². The highest BCUT2D eigenvalue weighted by molar-refractivity contribution is 5.43. The van der Waals surface area contributed by atoms with Gasteiger partial charge in [0.05, 0.1) is 14.2 Å². The fourth-order valence-electron chi connectivity index (χ4n) is 3.43. The zero-order valence-corrected chi connectivity index (χ0v) is 11.2. The number of hydrogen-bond donors (Lipinski definition) is 1. The zero-order valence-electron chi connectivity index (χ0n) is 11.2. The smallest absolute Gasteiger partial charge is 0.122 e. The first-order valence-corrected chi connectivity index (χ1v) is 6.69. The average molecular weight is 247 g/mol. The normalized spacial score (nSPS) is 24.9. The van der Waals surface area contributed by atoms with Gasteiger partial charge in [-0.1, -0.05) is 0 Å². The summed E-state index contributed by atoms with van der Waals surface area (Å²) in [4.78, 5) is 0. The summed E-state index contributed by atoms with van der Waals surface area (Å²) in [5.74, 6) is 2.56. The summed E-state index contributed by atoms with van der Waals surface area (Å²) >= 11 is 0. The molecule has 0 bridgehead atoms. The third-order valence-corrected chi connectivity index (χ3v) is 4.58. The second-order valence-electron chi connectivity index (χ2n) is 5.65. The lowest BCUT2D eigenvalue weighted by molar-refractivity contribution is 0.175. The van der Waals surface area contributed by atoms with E-state index >= 15 is 0 Å². The van der Waals surface area contributed by atoms with Gasteiger partial charge in [-0.05, 0) is 48.8 Å². The predicted octanol–water partition coefficient (Wildman–Crippen LogP) is 2.56. The number of rotatable bonds is 3. The highest BCUT2D eigenvalue weighted by atomic mass is 16.5. The number of benzene rings is 1. The van der Waals surface area contributed by atoms with Crippen LogP contribution in [0.5, 0.6) is 11.5 Å². The fourth-order valence-corrected chi connectivity index (χ4v) is 3.43. The maximum atomic E-state index is 5.51. The van der Waals surface area contributed by atoms with Crippen molar-refractivity contribution in [2.75, 3.05) is 27.3 Å². The van der Waals surface area contributed by atoms with E-state index in [9.17, 15) is 0 Å². The molecule has 3 heteroatoms. The third kappa shape index (κ3) is 1.87. The van der Waals surface area contributed by atoms with Crippen LogP contribution in [0.15, 0.2) is 18.2 Å². The van der Waals surface area contributed by atoms with E-state index in [1.165, 1.54) is 37.9 Å². The van der Waals surface area contributed by atoms with Crippen molar-refractivity contribution in [2.45, 2.75) is 25.2 Å². The molecule has 1 saturated carbocycles. The number of methoxy groups -OCH3 is 2. The largest absolute Gasteiger partial charge is 0.497 e. The van der Waals surface area contributed by atoms with Crippen LogP contribution in [0.2, 0.25) is 0 Å². The highest BCUT2D eigenvalue weighted by Gasteiger charge is 2.44. The molecule has 1 saturated heterocycles. The molecule has 1 aliphatic heterocycles. The molecule has 1 aliphatic carbocycles. The molecule has 2 fully saturated rings. The molecule has 0 radical (unpaired) electrons. The second-order valence-corrected chi connectivity index (χ2v) is 5.65. The van der Waals surface area contributed by atoms with E-state index in [1.54, 1.807) is 14.2 Å². The molecule has 0 amide bonds. The summed E-state index contributed by atoms with van der Waals surface area (Å²) in [6, 6.07) is 6.14. The fraction of sp³-hybridized carbons (Fsp3) is 0.600. The lowest BCUT2D eigenvalue weighted by atomic mass is 9.79. The summed E-state index contributed by atoms with van der Waals surface area (Å²) in [6.45, 7) is 2.38. The lowest BCUT2D eigenvalue weighted by Gasteiger charge is -2.39. The van der Waals surface area contributed by atoms with E-state index in [2.05, 4.69) is 11.4 Å². The van der Waals surface area contributed by atoms with Crippen molar-refractivity contribution < 1.29 is 9.47 Å². The van der Waals surface area contributed by atoms with Gasteiger partial charge in [0, 0.05) is 18.7 Å². The molecular formula is C15H21NO2. The molecule has 1 heterocycles. The van der Waals surface area contributed by atoms with E-state index in [0.717, 1.165) is 11.5 Å². The van der Waals surface area contributed by atoms with Gasteiger partial charge in [0.1, 0.15) is 11.5 Å². The van der Waals surface area contributed by atoms with Gasteiger partial charge >= 0.3 is 0 Å². The SMILES string of the molecule is COc1ccc(OC)c(C2CCC3(CNC3)C2)c1. The quantitative estimate of drug-likeness (QED) is 0.890. The first-order valence-electron chi connectivity index (χ1n) is 6.69. The molecule has 2 aliphatic rings. The minimum atomic E-state index is 0.568. The Morgan fingerprint density at radius 1 is 1.22 bits per heavy atom. The molecule has 1 N–H and O–H groups in total. The molecule has 18 heavy (non-hydrogen) atoms. The van der Waals surface area contributed by atoms with E-state index in [-0.39, 0.29) is 0 Å². The Labute approximate surface area is 108 Å². The second kappa shape index (κ2) is 4.47. The minimum absolute atomic E-state index is 0.568. The maximum absolute atomic E-state index is 5.51. The molecule has 1 atom stereocenters. The number of nitrogens with one attached hydrogen (secondary N) is 1. The molecule has 1 spiro atoms. The van der Waals surface area contributed by atoms with Gasteiger partial charge in [0.2, 0.25) is 0 Å². The van der Waals surface area contributed by atoms with Gasteiger partial charge in [0.25, 0.3) is 0 Å². The van der Waals surface area contributed by atoms with Crippen LogP contribution in [0.4, 0.5) is 0 Å². The number of hydrogen-bond acceptors (Lipinski definition) is 3. The Hall–Kier alpha value is -1.22. The summed E-state index contributed by atoms with van der Waals surface area (Å²) in [7, 11) is 3.47. The Morgan fingerprint density at radius 2 is 2.06 bits per heavy atom. The third-order valence-electron chi connectivity index (χ3n) is 4.58. The van der Waals surface area contributed by atoms with Crippen molar-refractivity contribution in [1.82, 2.24) is 5.32 Å². The van der Waals surface area contributed by atoms with Crippen LogP contribution in [0.1, 0.15) is 30.7 Å². The van der Waals surface area contributed by atoms with Crippen LogP contribution in [0.25, 0.3) is 0 Å². The highest BCUT2D eigenvalue weighted by Crippen LogP contribution is 2.50. The van der Waals surface area contributed by atoms with Crippen molar-refractivity contribution in [1.29, 1.82) is 0 Å². The van der Waals surface area contributed by atoms with Gasteiger partial charge in [-0.25, -0.2) is 0 Å². The molecular weight excluding hydrogens is 226 g/mol. The Bertz CT molecular complexity index is 440. The van der Waals surface area contributed by atoms with E-state index < -0.39 is 0 Å². The van der Waals surface area contributed by atoms with Crippen LogP contribution in [0, 0.1) is 5.41 Å². The van der Waals surface area contributed by atoms with Crippen LogP contribution >= 0.6 is 0 Å². The van der Waals surface area contributed by atoms with E-state index in [0.29, 0.717) is 11.3 Å². The Kier molecular flexibility index (Phi) is 2.94. The Balaban J connectivity index is 1.86. The van der Waals surface area contributed by atoms with Crippen LogP contribution in [-0.2, 0) is 0 Å².